The molecule has 108 valence electrons. The number of nitrogens with zero attached hydrogens (tertiary/aromatic N) is 1. The van der Waals surface area contributed by atoms with Crippen LogP contribution in [0.25, 0.3) is 0 Å². The molecule has 1 rings (SSSR count). The summed E-state index contributed by atoms with van der Waals surface area (Å²) in [6, 6.07) is 10.5. The SMILES string of the molecule is CN(CCCNCCOC(C)(C)C)c1ccccc1. The monoisotopic (exact) mass is 264 g/mol. The van der Waals surface area contributed by atoms with Gasteiger partial charge in [0.15, 0.2) is 0 Å². The number of rotatable bonds is 8. The van der Waals surface area contributed by atoms with E-state index in [0.29, 0.717) is 0 Å². The lowest BCUT2D eigenvalue weighted by Crippen LogP contribution is -2.29. The van der Waals surface area contributed by atoms with Crippen molar-refractivity contribution in [2.75, 3.05) is 38.2 Å². The maximum Gasteiger partial charge on any atom is 0.0599 e. The van der Waals surface area contributed by atoms with Crippen LogP contribution in [0.5, 0.6) is 0 Å². The molecule has 1 aromatic rings. The molecule has 0 spiro atoms. The van der Waals surface area contributed by atoms with E-state index >= 15 is 0 Å². The van der Waals surface area contributed by atoms with Crippen LogP contribution in [-0.4, -0.2) is 38.9 Å². The molecule has 1 N–H and O–H groups in total. The summed E-state index contributed by atoms with van der Waals surface area (Å²) in [5, 5.41) is 3.41. The highest BCUT2D eigenvalue weighted by Crippen LogP contribution is 2.10. The van der Waals surface area contributed by atoms with Crippen molar-refractivity contribution in [3.8, 4) is 0 Å². The average molecular weight is 264 g/mol. The van der Waals surface area contributed by atoms with Crippen LogP contribution < -0.4 is 10.2 Å². The zero-order valence-electron chi connectivity index (χ0n) is 12.8. The van der Waals surface area contributed by atoms with E-state index in [0.717, 1.165) is 32.7 Å². The summed E-state index contributed by atoms with van der Waals surface area (Å²) in [7, 11) is 2.14. The van der Waals surface area contributed by atoms with Crippen LogP contribution in [0.15, 0.2) is 30.3 Å². The van der Waals surface area contributed by atoms with E-state index in [1.807, 2.05) is 6.07 Å². The summed E-state index contributed by atoms with van der Waals surface area (Å²) in [6.45, 7) is 10.1. The Morgan fingerprint density at radius 2 is 1.79 bits per heavy atom. The lowest BCUT2D eigenvalue weighted by atomic mass is 10.2. The molecule has 0 radical (unpaired) electrons. The molecule has 0 aliphatic carbocycles. The topological polar surface area (TPSA) is 24.5 Å². The molecular weight excluding hydrogens is 236 g/mol. The standard InChI is InChI=1S/C16H28N2O/c1-16(2,3)19-14-12-17-11-8-13-18(4)15-9-6-5-7-10-15/h5-7,9-10,17H,8,11-14H2,1-4H3. The zero-order valence-corrected chi connectivity index (χ0v) is 12.8. The van der Waals surface area contributed by atoms with Crippen molar-refractivity contribution in [3.63, 3.8) is 0 Å². The van der Waals surface area contributed by atoms with Gasteiger partial charge in [-0.05, 0) is 45.9 Å². The Kier molecular flexibility index (Phi) is 6.89. The fraction of sp³-hybridized carbons (Fsp3) is 0.625. The van der Waals surface area contributed by atoms with Gasteiger partial charge in [-0.1, -0.05) is 18.2 Å². The fourth-order valence-corrected chi connectivity index (χ4v) is 1.81. The van der Waals surface area contributed by atoms with Gasteiger partial charge in [-0.3, -0.25) is 0 Å². The first-order valence-electron chi connectivity index (χ1n) is 7.10. The van der Waals surface area contributed by atoms with Crippen molar-refractivity contribution in [1.29, 1.82) is 0 Å². The first-order chi connectivity index (χ1) is 8.99. The minimum atomic E-state index is -0.0325. The molecule has 1 aromatic carbocycles. The third kappa shape index (κ3) is 7.85. The molecule has 3 heteroatoms. The molecule has 0 amide bonds. The van der Waals surface area contributed by atoms with Crippen molar-refractivity contribution in [1.82, 2.24) is 5.32 Å². The summed E-state index contributed by atoms with van der Waals surface area (Å²) >= 11 is 0. The van der Waals surface area contributed by atoms with Gasteiger partial charge in [0.05, 0.1) is 12.2 Å². The number of benzene rings is 1. The number of para-hydroxylation sites is 1. The van der Waals surface area contributed by atoms with E-state index in [4.69, 9.17) is 4.74 Å². The van der Waals surface area contributed by atoms with E-state index in [-0.39, 0.29) is 5.60 Å². The second kappa shape index (κ2) is 8.18. The fourth-order valence-electron chi connectivity index (χ4n) is 1.81. The van der Waals surface area contributed by atoms with Crippen molar-refractivity contribution in [2.24, 2.45) is 0 Å². The maximum absolute atomic E-state index is 5.65. The molecule has 0 saturated heterocycles. The quantitative estimate of drug-likeness (QED) is 0.731. The van der Waals surface area contributed by atoms with Crippen LogP contribution in [0.3, 0.4) is 0 Å². The zero-order chi connectivity index (χ0) is 14.1. The van der Waals surface area contributed by atoms with Gasteiger partial charge in [-0.2, -0.15) is 0 Å². The lowest BCUT2D eigenvalue weighted by molar-refractivity contribution is -0.000736. The number of hydrogen-bond acceptors (Lipinski definition) is 3. The number of nitrogens with one attached hydrogen (secondary N) is 1. The smallest absolute Gasteiger partial charge is 0.0599 e. The Labute approximate surface area is 118 Å². The highest BCUT2D eigenvalue weighted by atomic mass is 16.5. The van der Waals surface area contributed by atoms with Crippen molar-refractivity contribution >= 4 is 5.69 Å². The first kappa shape index (κ1) is 16.0. The molecule has 0 bridgehead atoms. The summed E-state index contributed by atoms with van der Waals surface area (Å²) in [5.41, 5.74) is 1.24. The largest absolute Gasteiger partial charge is 0.375 e. The Balaban J connectivity index is 2.02. The van der Waals surface area contributed by atoms with Crippen LogP contribution >= 0.6 is 0 Å². The van der Waals surface area contributed by atoms with Crippen molar-refractivity contribution in [2.45, 2.75) is 32.8 Å². The molecule has 0 heterocycles. The highest BCUT2D eigenvalue weighted by molar-refractivity contribution is 5.44. The van der Waals surface area contributed by atoms with Gasteiger partial charge in [0.1, 0.15) is 0 Å². The normalized spacial score (nSPS) is 11.6. The summed E-state index contributed by atoms with van der Waals surface area (Å²) in [5.74, 6) is 0. The molecule has 0 atom stereocenters. The van der Waals surface area contributed by atoms with Gasteiger partial charge in [0, 0.05) is 25.8 Å². The number of ether oxygens (including phenoxy) is 1. The molecule has 19 heavy (non-hydrogen) atoms. The predicted molar refractivity (Wildman–Crippen MR) is 82.9 cm³/mol. The van der Waals surface area contributed by atoms with Crippen LogP contribution in [0.4, 0.5) is 5.69 Å². The van der Waals surface area contributed by atoms with Crippen LogP contribution in [-0.2, 0) is 4.74 Å². The van der Waals surface area contributed by atoms with Gasteiger partial charge < -0.3 is 15.0 Å². The van der Waals surface area contributed by atoms with Crippen LogP contribution in [0.1, 0.15) is 27.2 Å². The minimum Gasteiger partial charge on any atom is -0.375 e. The van der Waals surface area contributed by atoms with Crippen molar-refractivity contribution < 1.29 is 4.74 Å². The summed E-state index contributed by atoms with van der Waals surface area (Å²) in [4.78, 5) is 2.29. The molecule has 0 aliphatic rings. The molecule has 0 fully saturated rings. The van der Waals surface area contributed by atoms with E-state index in [1.54, 1.807) is 0 Å². The van der Waals surface area contributed by atoms with E-state index in [9.17, 15) is 0 Å². The molecule has 3 nitrogen and oxygen atoms in total. The molecule has 0 unspecified atom stereocenters. The second-order valence-corrected chi connectivity index (χ2v) is 5.82. The molecule has 0 aromatic heterocycles. The van der Waals surface area contributed by atoms with E-state index < -0.39 is 0 Å². The van der Waals surface area contributed by atoms with Crippen molar-refractivity contribution in [3.05, 3.63) is 30.3 Å². The van der Waals surface area contributed by atoms with E-state index in [2.05, 4.69) is 62.3 Å². The summed E-state index contributed by atoms with van der Waals surface area (Å²) in [6.07, 6.45) is 1.14. The lowest BCUT2D eigenvalue weighted by Gasteiger charge is -2.20. The summed E-state index contributed by atoms with van der Waals surface area (Å²) < 4.78 is 5.65. The van der Waals surface area contributed by atoms with Gasteiger partial charge in [0.25, 0.3) is 0 Å². The Morgan fingerprint density at radius 3 is 2.42 bits per heavy atom. The maximum atomic E-state index is 5.65. The third-order valence-corrected chi connectivity index (χ3v) is 2.86. The predicted octanol–water partition coefficient (Wildman–Crippen LogP) is 2.92. The number of anilines is 1. The Bertz CT molecular complexity index is 332. The van der Waals surface area contributed by atoms with E-state index in [1.165, 1.54) is 5.69 Å². The van der Waals surface area contributed by atoms with Gasteiger partial charge >= 0.3 is 0 Å². The molecule has 0 aliphatic heterocycles. The van der Waals surface area contributed by atoms with Gasteiger partial charge in [-0.15, -0.1) is 0 Å². The highest BCUT2D eigenvalue weighted by Gasteiger charge is 2.08. The van der Waals surface area contributed by atoms with Gasteiger partial charge in [-0.25, -0.2) is 0 Å². The average Bonchev–Trinajstić information content (AvgIpc) is 2.37. The van der Waals surface area contributed by atoms with Crippen LogP contribution in [0, 0.1) is 0 Å². The Morgan fingerprint density at radius 1 is 1.11 bits per heavy atom. The van der Waals surface area contributed by atoms with Gasteiger partial charge in [0.2, 0.25) is 0 Å². The Hall–Kier alpha value is -1.06. The molecular formula is C16H28N2O. The first-order valence-corrected chi connectivity index (χ1v) is 7.10. The minimum absolute atomic E-state index is 0.0325. The number of hydrogen-bond donors (Lipinski definition) is 1. The second-order valence-electron chi connectivity index (χ2n) is 5.82. The molecule has 0 saturated carbocycles. The third-order valence-electron chi connectivity index (χ3n) is 2.86. The van der Waals surface area contributed by atoms with Crippen LogP contribution in [0.2, 0.25) is 0 Å².